The van der Waals surface area contributed by atoms with Crippen molar-refractivity contribution in [2.45, 2.75) is 36.3 Å². The molecule has 1 unspecified atom stereocenters. The largest absolute Gasteiger partial charge is 1.00 e. The van der Waals surface area contributed by atoms with E-state index in [9.17, 15) is 0 Å². The van der Waals surface area contributed by atoms with Crippen LogP contribution in [0.1, 0.15) is 6.92 Å². The predicted molar refractivity (Wildman–Crippen MR) is 53.7 cm³/mol. The molecule has 0 radical (unpaired) electrons. The monoisotopic (exact) mass is 318 g/mol. The molecule has 0 fully saturated rings. The van der Waals surface area contributed by atoms with Crippen molar-refractivity contribution in [3.05, 3.63) is 23.8 Å². The minimum Gasteiger partial charge on any atom is -1.00 e. The van der Waals surface area contributed by atoms with Crippen LogP contribution < -0.4 is 37.2 Å². The Balaban J connectivity index is -0.000000480. The van der Waals surface area contributed by atoms with Crippen LogP contribution in [0.15, 0.2) is 23.8 Å². The summed E-state index contributed by atoms with van der Waals surface area (Å²) in [6.45, 7) is 9.61. The number of halogens is 3. The van der Waals surface area contributed by atoms with Crippen molar-refractivity contribution >= 4 is 8.07 Å². The molecule has 0 aromatic heterocycles. The standard InChI is InChI=1S/C10H17Si.3ClH.Ti/c1-9-6-5-7-10(9)8-11(2,3)4;;;;/h5-7H,8H2,1-4H3;3*1H;/q;;;;+3/p-3. The van der Waals surface area contributed by atoms with E-state index < -0.39 is 8.07 Å². The molecule has 15 heavy (non-hydrogen) atoms. The second-order valence-electron chi connectivity index (χ2n) is 4.99. The predicted octanol–water partition coefficient (Wildman–Crippen LogP) is -5.44. The van der Waals surface area contributed by atoms with Crippen molar-refractivity contribution in [3.63, 3.8) is 0 Å². The van der Waals surface area contributed by atoms with Crippen molar-refractivity contribution in [1.82, 2.24) is 0 Å². The first-order valence-electron chi connectivity index (χ1n) is 4.45. The summed E-state index contributed by atoms with van der Waals surface area (Å²) in [5, 5.41) is 0. The van der Waals surface area contributed by atoms with Crippen LogP contribution in [0.5, 0.6) is 0 Å². The van der Waals surface area contributed by atoms with Gasteiger partial charge in [-0.2, -0.15) is 0 Å². The first kappa shape index (κ1) is 21.6. The molecule has 0 aromatic carbocycles. The fourth-order valence-electron chi connectivity index (χ4n) is 1.45. The van der Waals surface area contributed by atoms with Gasteiger partial charge in [0.15, 0.2) is 0 Å². The van der Waals surface area contributed by atoms with Gasteiger partial charge in [-0.15, -0.1) is 0 Å². The molecule has 1 aliphatic rings. The van der Waals surface area contributed by atoms with Gasteiger partial charge < -0.3 is 37.2 Å². The molecule has 0 nitrogen and oxygen atoms in total. The van der Waals surface area contributed by atoms with E-state index in [1.807, 2.05) is 0 Å². The summed E-state index contributed by atoms with van der Waals surface area (Å²) in [5.41, 5.74) is 1.63. The zero-order valence-corrected chi connectivity index (χ0v) is 14.4. The van der Waals surface area contributed by atoms with Crippen molar-refractivity contribution in [3.8, 4) is 0 Å². The van der Waals surface area contributed by atoms with E-state index in [4.69, 9.17) is 0 Å². The van der Waals surface area contributed by atoms with Gasteiger partial charge in [0.2, 0.25) is 0 Å². The quantitative estimate of drug-likeness (QED) is 0.446. The summed E-state index contributed by atoms with van der Waals surface area (Å²) in [4.78, 5) is 0. The third kappa shape index (κ3) is 7.25. The average Bonchev–Trinajstić information content (AvgIpc) is 2.07. The van der Waals surface area contributed by atoms with Gasteiger partial charge in [-0.3, -0.25) is 0 Å². The maximum absolute atomic E-state index is 2.43. The van der Waals surface area contributed by atoms with Crippen LogP contribution in [0.4, 0.5) is 0 Å². The van der Waals surface area contributed by atoms with Gasteiger partial charge in [-0.25, -0.2) is 0 Å². The summed E-state index contributed by atoms with van der Waals surface area (Å²) in [6.07, 6.45) is 6.82. The molecule has 0 aliphatic heterocycles. The Labute approximate surface area is 125 Å². The second kappa shape index (κ2) is 7.58. The van der Waals surface area contributed by atoms with Crippen LogP contribution >= 0.6 is 0 Å². The Morgan fingerprint density at radius 2 is 1.67 bits per heavy atom. The molecule has 86 valence electrons. The Kier molecular flexibility index (Phi) is 10.9. The summed E-state index contributed by atoms with van der Waals surface area (Å²) < 4.78 is 0.334. The first-order chi connectivity index (χ1) is 5.31. The number of hydrogen-bond acceptors (Lipinski definition) is 0. The zero-order chi connectivity index (χ0) is 9.41. The van der Waals surface area contributed by atoms with Gasteiger partial charge in [0.05, 0.1) is 0 Å². The molecule has 0 bridgehead atoms. The third-order valence-corrected chi connectivity index (χ3v) is 4.32. The molecule has 5 heteroatoms. The van der Waals surface area contributed by atoms with E-state index in [1.54, 1.807) is 5.57 Å². The van der Waals surface area contributed by atoms with Crippen LogP contribution in [0.3, 0.4) is 0 Å². The molecule has 0 heterocycles. The summed E-state index contributed by atoms with van der Waals surface area (Å²) in [7, 11) is -0.919. The maximum atomic E-state index is 2.43. The van der Waals surface area contributed by atoms with Crippen molar-refractivity contribution < 1.29 is 57.7 Å². The first-order valence-corrected chi connectivity index (χ1v) is 8.94. The summed E-state index contributed by atoms with van der Waals surface area (Å²) in [5.74, 6) is 0. The Morgan fingerprint density at radius 1 is 1.20 bits per heavy atom. The topological polar surface area (TPSA) is 0 Å². The smallest absolute Gasteiger partial charge is 1.00 e. The molecule has 0 spiro atoms. The van der Waals surface area contributed by atoms with E-state index in [1.165, 1.54) is 6.04 Å². The van der Waals surface area contributed by atoms with Gasteiger partial charge in [-0.05, 0) is 0 Å². The third-order valence-electron chi connectivity index (χ3n) is 2.11. The van der Waals surface area contributed by atoms with E-state index >= 15 is 0 Å². The molecule has 1 atom stereocenters. The molecule has 0 N–H and O–H groups in total. The minimum absolute atomic E-state index is 0. The van der Waals surface area contributed by atoms with Crippen LogP contribution in [-0.4, -0.2) is 8.07 Å². The molecule has 1 aliphatic carbocycles. The maximum Gasteiger partial charge on any atom is -1.00 e. The summed E-state index contributed by atoms with van der Waals surface area (Å²) >= 11 is 2.31. The van der Waals surface area contributed by atoms with E-state index in [-0.39, 0.29) is 37.2 Å². The van der Waals surface area contributed by atoms with Crippen molar-refractivity contribution in [2.75, 3.05) is 0 Å². The van der Waals surface area contributed by atoms with E-state index in [0.29, 0.717) is 3.72 Å². The molecule has 0 amide bonds. The molecule has 0 saturated heterocycles. The molecule has 1 rings (SSSR count). The van der Waals surface area contributed by atoms with Crippen LogP contribution in [0.2, 0.25) is 29.4 Å². The number of allylic oxidation sites excluding steroid dienone is 4. The Hall–Kier alpha value is 1.28. The van der Waals surface area contributed by atoms with Crippen LogP contribution in [-0.2, 0) is 20.4 Å². The second-order valence-corrected chi connectivity index (χ2v) is 12.1. The Bertz CT molecular complexity index is 242. The van der Waals surface area contributed by atoms with E-state index in [2.05, 4.69) is 65.2 Å². The molecular weight excluding hydrogens is 302 g/mol. The van der Waals surface area contributed by atoms with Crippen molar-refractivity contribution in [1.29, 1.82) is 0 Å². The normalized spacial score (nSPS) is 23.5. The van der Waals surface area contributed by atoms with Gasteiger partial charge >= 0.3 is 88.6 Å². The van der Waals surface area contributed by atoms with Gasteiger partial charge in [0, 0.05) is 0 Å². The van der Waals surface area contributed by atoms with Crippen LogP contribution in [0.25, 0.3) is 0 Å². The fourth-order valence-corrected chi connectivity index (χ4v) is 3.77. The van der Waals surface area contributed by atoms with E-state index in [0.717, 1.165) is 0 Å². The number of hydrogen-bond donors (Lipinski definition) is 0. The SMILES string of the molecule is C[C]1([Ti+3])C=CC=C1C[Si](C)(C)C.[Cl-].[Cl-].[Cl-]. The van der Waals surface area contributed by atoms with Crippen LogP contribution in [0, 0.1) is 0 Å². The number of rotatable bonds is 2. The molecule has 0 aromatic rings. The molecule has 0 saturated carbocycles. The Morgan fingerprint density at radius 3 is 1.93 bits per heavy atom. The van der Waals surface area contributed by atoms with Gasteiger partial charge in [0.25, 0.3) is 0 Å². The fraction of sp³-hybridized carbons (Fsp3) is 0.600. The minimum atomic E-state index is -0.919. The zero-order valence-electron chi connectivity index (χ0n) is 9.57. The van der Waals surface area contributed by atoms with Gasteiger partial charge in [0.1, 0.15) is 0 Å². The average molecular weight is 320 g/mol. The van der Waals surface area contributed by atoms with Gasteiger partial charge in [-0.1, -0.05) is 0 Å². The van der Waals surface area contributed by atoms with Crippen molar-refractivity contribution in [2.24, 2.45) is 0 Å². The summed E-state index contributed by atoms with van der Waals surface area (Å²) in [6, 6.07) is 1.34. The molecular formula is C10H17Cl3SiTi.